The summed E-state index contributed by atoms with van der Waals surface area (Å²) in [6.07, 6.45) is -1.97. The van der Waals surface area contributed by atoms with Gasteiger partial charge in [-0.2, -0.15) is 13.2 Å². The van der Waals surface area contributed by atoms with Gasteiger partial charge in [0.1, 0.15) is 10.8 Å². The van der Waals surface area contributed by atoms with Crippen LogP contribution >= 0.6 is 11.8 Å². The highest BCUT2D eigenvalue weighted by Gasteiger charge is 2.52. The summed E-state index contributed by atoms with van der Waals surface area (Å²) < 4.78 is 43.9. The van der Waals surface area contributed by atoms with E-state index in [1.807, 2.05) is 0 Å². The number of carbonyl (C=O) groups excluding carboxylic acids is 1. The first kappa shape index (κ1) is 19.3. The highest BCUT2D eigenvalue weighted by molar-refractivity contribution is 7.99. The quantitative estimate of drug-likeness (QED) is 0.591. The van der Waals surface area contributed by atoms with E-state index in [0.717, 1.165) is 11.8 Å². The van der Waals surface area contributed by atoms with E-state index in [0.29, 0.717) is 5.03 Å². The first-order chi connectivity index (χ1) is 11.7. The van der Waals surface area contributed by atoms with Gasteiger partial charge < -0.3 is 14.7 Å². The fourth-order valence-electron chi connectivity index (χ4n) is 2.47. The van der Waals surface area contributed by atoms with E-state index in [2.05, 4.69) is 9.97 Å². The number of rotatable bonds is 6. The van der Waals surface area contributed by atoms with Crippen LogP contribution < -0.4 is 4.90 Å². The molecule has 0 aromatic carbocycles. The second kappa shape index (κ2) is 7.89. The number of aliphatic carboxylic acids is 1. The molecule has 0 bridgehead atoms. The molecular formula is C14H16F3N3O4S. The van der Waals surface area contributed by atoms with Crippen LogP contribution in [-0.2, 0) is 14.3 Å². The van der Waals surface area contributed by atoms with Crippen molar-refractivity contribution in [2.75, 3.05) is 30.3 Å². The highest BCUT2D eigenvalue weighted by Crippen LogP contribution is 2.39. The zero-order valence-corrected chi connectivity index (χ0v) is 14.0. The van der Waals surface area contributed by atoms with Crippen LogP contribution in [0.1, 0.15) is 6.92 Å². The summed E-state index contributed by atoms with van der Waals surface area (Å²) in [5.74, 6) is -5.32. The number of carboxylic acid groups (broad SMARTS) is 1. The molecule has 1 saturated heterocycles. The number of anilines is 1. The van der Waals surface area contributed by atoms with E-state index in [-0.39, 0.29) is 24.7 Å². The molecule has 0 radical (unpaired) electrons. The van der Waals surface area contributed by atoms with E-state index in [4.69, 9.17) is 9.84 Å². The Morgan fingerprint density at radius 2 is 2.12 bits per heavy atom. The van der Waals surface area contributed by atoms with Gasteiger partial charge in [-0.15, -0.1) is 0 Å². The Hall–Kier alpha value is -2.04. The Kier molecular flexibility index (Phi) is 6.09. The van der Waals surface area contributed by atoms with Gasteiger partial charge in [-0.05, 0) is 6.92 Å². The van der Waals surface area contributed by atoms with Gasteiger partial charge in [0, 0.05) is 13.1 Å². The van der Waals surface area contributed by atoms with Crippen LogP contribution in [0.5, 0.6) is 0 Å². The topological polar surface area (TPSA) is 92.6 Å². The number of hydrogen-bond donors (Lipinski definition) is 1. The standard InChI is InChI=1S/C14H16F3N3O4S/c1-2-24-12(21)7-25-11-4-18-3-10(19-11)20-5-8(13(22)23)9(6-20)14(15,16)17/h3-4,8-9H,2,5-7H2,1H3,(H,22,23)/t8-,9-/m1/s1. The number of hydrogen-bond acceptors (Lipinski definition) is 7. The van der Waals surface area contributed by atoms with Gasteiger partial charge >= 0.3 is 18.1 Å². The molecule has 0 unspecified atom stereocenters. The van der Waals surface area contributed by atoms with Crippen molar-refractivity contribution in [2.45, 2.75) is 18.1 Å². The number of alkyl halides is 3. The Balaban J connectivity index is 2.10. The monoisotopic (exact) mass is 379 g/mol. The smallest absolute Gasteiger partial charge is 0.394 e. The molecule has 0 amide bonds. The van der Waals surface area contributed by atoms with Crippen molar-refractivity contribution in [2.24, 2.45) is 11.8 Å². The van der Waals surface area contributed by atoms with Crippen molar-refractivity contribution >= 4 is 29.5 Å². The van der Waals surface area contributed by atoms with E-state index in [1.165, 1.54) is 17.3 Å². The van der Waals surface area contributed by atoms with Crippen molar-refractivity contribution in [3.63, 3.8) is 0 Å². The summed E-state index contributed by atoms with van der Waals surface area (Å²) in [6.45, 7) is 1.11. The Labute approximate surface area is 145 Å². The highest BCUT2D eigenvalue weighted by atomic mass is 32.2. The number of nitrogens with zero attached hydrogens (tertiary/aromatic N) is 3. The van der Waals surface area contributed by atoms with E-state index < -0.39 is 36.5 Å². The Morgan fingerprint density at radius 3 is 2.68 bits per heavy atom. The third-order valence-corrected chi connectivity index (χ3v) is 4.50. The van der Waals surface area contributed by atoms with Crippen molar-refractivity contribution in [1.82, 2.24) is 9.97 Å². The van der Waals surface area contributed by atoms with Crippen LogP contribution in [0.3, 0.4) is 0 Å². The van der Waals surface area contributed by atoms with Crippen LogP contribution in [0.15, 0.2) is 17.4 Å². The number of thioether (sulfide) groups is 1. The van der Waals surface area contributed by atoms with Gasteiger partial charge in [0.05, 0.1) is 36.6 Å². The lowest BCUT2D eigenvalue weighted by Crippen LogP contribution is -2.33. The van der Waals surface area contributed by atoms with Crippen molar-refractivity contribution < 1.29 is 32.6 Å². The predicted octanol–water partition coefficient (Wildman–Crippen LogP) is 1.83. The second-order valence-electron chi connectivity index (χ2n) is 5.31. The van der Waals surface area contributed by atoms with Crippen molar-refractivity contribution in [3.8, 4) is 0 Å². The number of carboxylic acids is 1. The molecule has 1 aromatic heterocycles. The molecule has 7 nitrogen and oxygen atoms in total. The van der Waals surface area contributed by atoms with Gasteiger partial charge in [0.25, 0.3) is 0 Å². The molecule has 0 saturated carbocycles. The minimum atomic E-state index is -4.61. The lowest BCUT2D eigenvalue weighted by atomic mass is 9.96. The maximum atomic E-state index is 13.0. The van der Waals surface area contributed by atoms with Crippen LogP contribution in [0.4, 0.5) is 19.0 Å². The number of aromatic nitrogens is 2. The van der Waals surface area contributed by atoms with Gasteiger partial charge in [-0.3, -0.25) is 14.6 Å². The lowest BCUT2D eigenvalue weighted by molar-refractivity contribution is -0.187. The van der Waals surface area contributed by atoms with Crippen LogP contribution in [0, 0.1) is 11.8 Å². The molecule has 2 heterocycles. The summed E-state index contributed by atoms with van der Waals surface area (Å²) in [4.78, 5) is 31.8. The Bertz CT molecular complexity index is 644. The van der Waals surface area contributed by atoms with Gasteiger partial charge in [-0.25, -0.2) is 4.98 Å². The van der Waals surface area contributed by atoms with Crippen molar-refractivity contribution in [1.29, 1.82) is 0 Å². The summed E-state index contributed by atoms with van der Waals surface area (Å²) in [5.41, 5.74) is 0. The molecule has 1 fully saturated rings. The van der Waals surface area contributed by atoms with E-state index in [9.17, 15) is 22.8 Å². The fourth-order valence-corrected chi connectivity index (χ4v) is 3.11. The molecule has 138 valence electrons. The van der Waals surface area contributed by atoms with Gasteiger partial charge in [0.2, 0.25) is 0 Å². The Morgan fingerprint density at radius 1 is 1.40 bits per heavy atom. The summed E-state index contributed by atoms with van der Waals surface area (Å²) in [7, 11) is 0. The molecule has 1 N–H and O–H groups in total. The second-order valence-corrected chi connectivity index (χ2v) is 6.30. The average molecular weight is 379 g/mol. The van der Waals surface area contributed by atoms with E-state index >= 15 is 0 Å². The SMILES string of the molecule is CCOC(=O)CSc1cncc(N2C[C@@H](C(F)(F)F)[C@H](C(=O)O)C2)n1. The summed E-state index contributed by atoms with van der Waals surface area (Å²) >= 11 is 1.04. The molecule has 2 atom stereocenters. The molecule has 2 rings (SSSR count). The predicted molar refractivity (Wildman–Crippen MR) is 82.3 cm³/mol. The minimum Gasteiger partial charge on any atom is -0.481 e. The third kappa shape index (κ3) is 4.97. The molecule has 1 aliphatic rings. The van der Waals surface area contributed by atoms with Crippen LogP contribution in [0.25, 0.3) is 0 Å². The average Bonchev–Trinajstić information content (AvgIpc) is 2.99. The lowest BCUT2D eigenvalue weighted by Gasteiger charge is -2.18. The first-order valence-electron chi connectivity index (χ1n) is 7.37. The first-order valence-corrected chi connectivity index (χ1v) is 8.35. The summed E-state index contributed by atoms with van der Waals surface area (Å²) in [6, 6.07) is 0. The largest absolute Gasteiger partial charge is 0.481 e. The van der Waals surface area contributed by atoms with Crippen LogP contribution in [0.2, 0.25) is 0 Å². The normalized spacial score (nSPS) is 20.6. The molecule has 1 aliphatic heterocycles. The minimum absolute atomic E-state index is 0.00506. The molecule has 0 aliphatic carbocycles. The van der Waals surface area contributed by atoms with E-state index in [1.54, 1.807) is 6.92 Å². The van der Waals surface area contributed by atoms with Crippen molar-refractivity contribution in [3.05, 3.63) is 12.4 Å². The molecule has 11 heteroatoms. The summed E-state index contributed by atoms with van der Waals surface area (Å²) in [5, 5.41) is 9.38. The molecular weight excluding hydrogens is 363 g/mol. The number of esters is 1. The fraction of sp³-hybridized carbons (Fsp3) is 0.571. The molecule has 25 heavy (non-hydrogen) atoms. The van der Waals surface area contributed by atoms with Gasteiger partial charge in [0.15, 0.2) is 0 Å². The number of ether oxygens (including phenoxy) is 1. The zero-order chi connectivity index (χ0) is 18.6. The molecule has 1 aromatic rings. The third-order valence-electron chi connectivity index (χ3n) is 3.62. The molecule has 0 spiro atoms. The maximum Gasteiger partial charge on any atom is 0.394 e. The number of halogens is 3. The van der Waals surface area contributed by atoms with Crippen LogP contribution in [-0.4, -0.2) is 58.6 Å². The maximum absolute atomic E-state index is 13.0. The number of carbonyl (C=O) groups is 2. The zero-order valence-electron chi connectivity index (χ0n) is 13.2. The van der Waals surface area contributed by atoms with Gasteiger partial charge in [-0.1, -0.05) is 11.8 Å².